The van der Waals surface area contributed by atoms with E-state index in [4.69, 9.17) is 0 Å². The summed E-state index contributed by atoms with van der Waals surface area (Å²) >= 11 is 0. The lowest BCUT2D eigenvalue weighted by molar-refractivity contribution is -0.120. The number of piperazine rings is 1. The van der Waals surface area contributed by atoms with Crippen molar-refractivity contribution in [3.8, 4) is 5.69 Å². The summed E-state index contributed by atoms with van der Waals surface area (Å²) in [6.07, 6.45) is 9.02. The minimum absolute atomic E-state index is 0. The standard InChI is InChI=1S/C20H24N8O.HI/c1-21-20(23-11-16-4-3-5-17(10-16)27-7-6-22-15-27)26-8-9-28(19(29)14-26)18-12-24-25(2)13-18;/h3-7,10,12-13,15H,8-9,11,14H2,1-2H3,(H,21,23);1H. The van der Waals surface area contributed by atoms with Gasteiger partial charge in [0.25, 0.3) is 0 Å². The van der Waals surface area contributed by atoms with Crippen LogP contribution >= 0.6 is 24.0 Å². The highest BCUT2D eigenvalue weighted by atomic mass is 127. The molecular formula is C20H25IN8O. The van der Waals surface area contributed by atoms with E-state index in [2.05, 4.69) is 32.5 Å². The van der Waals surface area contributed by atoms with Gasteiger partial charge in [-0.25, -0.2) is 4.98 Å². The first-order chi connectivity index (χ1) is 14.1. The molecule has 3 heterocycles. The van der Waals surface area contributed by atoms with Crippen LogP contribution in [0.5, 0.6) is 0 Å². The van der Waals surface area contributed by atoms with E-state index in [1.165, 1.54) is 0 Å². The number of nitrogens with one attached hydrogen (secondary N) is 1. The summed E-state index contributed by atoms with van der Waals surface area (Å²) in [5, 5.41) is 7.52. The minimum Gasteiger partial charge on any atom is -0.352 e. The molecule has 0 saturated carbocycles. The van der Waals surface area contributed by atoms with Crippen LogP contribution in [-0.2, 0) is 18.4 Å². The molecule has 30 heavy (non-hydrogen) atoms. The number of benzene rings is 1. The molecule has 0 atom stereocenters. The second-order valence-electron chi connectivity index (χ2n) is 6.88. The van der Waals surface area contributed by atoms with Crippen LogP contribution in [0.4, 0.5) is 5.69 Å². The van der Waals surface area contributed by atoms with E-state index in [0.29, 0.717) is 19.6 Å². The Bertz CT molecular complexity index is 1010. The minimum atomic E-state index is 0. The van der Waals surface area contributed by atoms with Crippen LogP contribution in [0.1, 0.15) is 5.56 Å². The number of nitrogens with zero attached hydrogens (tertiary/aromatic N) is 7. The van der Waals surface area contributed by atoms with Crippen LogP contribution in [0, 0.1) is 0 Å². The second-order valence-corrected chi connectivity index (χ2v) is 6.88. The molecule has 0 bridgehead atoms. The molecule has 1 N–H and O–H groups in total. The number of aliphatic imine (C=N–C) groups is 1. The Morgan fingerprint density at radius 3 is 2.80 bits per heavy atom. The number of aryl methyl sites for hydroxylation is 1. The van der Waals surface area contributed by atoms with E-state index in [-0.39, 0.29) is 36.4 Å². The lowest BCUT2D eigenvalue weighted by atomic mass is 10.2. The Labute approximate surface area is 192 Å². The van der Waals surface area contributed by atoms with Crippen LogP contribution in [0.15, 0.2) is 60.4 Å². The molecule has 9 nitrogen and oxygen atoms in total. The summed E-state index contributed by atoms with van der Waals surface area (Å²) in [6.45, 7) is 2.20. The van der Waals surface area contributed by atoms with Gasteiger partial charge in [0.1, 0.15) is 6.54 Å². The Kier molecular flexibility index (Phi) is 7.08. The average molecular weight is 520 g/mol. The van der Waals surface area contributed by atoms with Crippen molar-refractivity contribution in [2.45, 2.75) is 6.54 Å². The second kappa shape index (κ2) is 9.74. The highest BCUT2D eigenvalue weighted by Crippen LogP contribution is 2.16. The lowest BCUT2D eigenvalue weighted by Crippen LogP contribution is -2.55. The number of halogens is 1. The maximum Gasteiger partial charge on any atom is 0.246 e. The largest absolute Gasteiger partial charge is 0.352 e. The topological polar surface area (TPSA) is 83.6 Å². The molecule has 158 valence electrons. The van der Waals surface area contributed by atoms with Crippen molar-refractivity contribution in [1.82, 2.24) is 29.5 Å². The third-order valence-corrected chi connectivity index (χ3v) is 4.90. The fraction of sp³-hybridized carbons (Fsp3) is 0.300. The van der Waals surface area contributed by atoms with Crippen molar-refractivity contribution >= 4 is 41.5 Å². The van der Waals surface area contributed by atoms with Crippen molar-refractivity contribution in [1.29, 1.82) is 0 Å². The van der Waals surface area contributed by atoms with Gasteiger partial charge >= 0.3 is 0 Å². The van der Waals surface area contributed by atoms with Crippen molar-refractivity contribution in [3.63, 3.8) is 0 Å². The van der Waals surface area contributed by atoms with Crippen LogP contribution in [0.25, 0.3) is 5.69 Å². The Morgan fingerprint density at radius 1 is 1.27 bits per heavy atom. The van der Waals surface area contributed by atoms with Crippen LogP contribution < -0.4 is 10.2 Å². The molecule has 1 aliphatic rings. The maximum atomic E-state index is 12.6. The van der Waals surface area contributed by atoms with E-state index < -0.39 is 0 Å². The first-order valence-corrected chi connectivity index (χ1v) is 9.46. The van der Waals surface area contributed by atoms with E-state index >= 15 is 0 Å². The Balaban J connectivity index is 0.00000256. The molecular weight excluding hydrogens is 495 g/mol. The number of guanidine groups is 1. The first-order valence-electron chi connectivity index (χ1n) is 9.46. The van der Waals surface area contributed by atoms with Gasteiger partial charge in [0.2, 0.25) is 5.91 Å². The molecule has 1 amide bonds. The van der Waals surface area contributed by atoms with Gasteiger partial charge in [-0.15, -0.1) is 24.0 Å². The molecule has 1 aliphatic heterocycles. The van der Waals surface area contributed by atoms with Crippen molar-refractivity contribution < 1.29 is 4.79 Å². The van der Waals surface area contributed by atoms with Gasteiger partial charge in [0, 0.05) is 58.0 Å². The van der Waals surface area contributed by atoms with Gasteiger partial charge in [-0.3, -0.25) is 14.5 Å². The lowest BCUT2D eigenvalue weighted by Gasteiger charge is -2.35. The molecule has 10 heteroatoms. The van der Waals surface area contributed by atoms with Crippen molar-refractivity contribution in [2.24, 2.45) is 12.0 Å². The highest BCUT2D eigenvalue weighted by molar-refractivity contribution is 14.0. The SMILES string of the molecule is CN=C(NCc1cccc(-n2ccnc2)c1)N1CCN(c2cnn(C)c2)C(=O)C1.I. The van der Waals surface area contributed by atoms with E-state index in [0.717, 1.165) is 22.9 Å². The highest BCUT2D eigenvalue weighted by Gasteiger charge is 2.27. The van der Waals surface area contributed by atoms with Gasteiger partial charge in [-0.2, -0.15) is 5.10 Å². The third-order valence-electron chi connectivity index (χ3n) is 4.90. The number of carbonyl (C=O) groups is 1. The number of anilines is 1. The molecule has 0 radical (unpaired) electrons. The molecule has 2 aromatic heterocycles. The van der Waals surface area contributed by atoms with Crippen LogP contribution in [-0.4, -0.2) is 62.8 Å². The molecule has 1 saturated heterocycles. The number of imidazole rings is 1. The average Bonchev–Trinajstić information content (AvgIpc) is 3.41. The Hall–Kier alpha value is -2.89. The van der Waals surface area contributed by atoms with E-state index in [1.807, 2.05) is 41.0 Å². The summed E-state index contributed by atoms with van der Waals surface area (Å²) in [5.41, 5.74) is 3.01. The predicted molar refractivity (Wildman–Crippen MR) is 126 cm³/mol. The number of hydrogen-bond acceptors (Lipinski definition) is 4. The summed E-state index contributed by atoms with van der Waals surface area (Å²) in [6, 6.07) is 8.22. The van der Waals surface area contributed by atoms with Crippen LogP contribution in [0.3, 0.4) is 0 Å². The van der Waals surface area contributed by atoms with Crippen molar-refractivity contribution in [3.05, 3.63) is 60.9 Å². The van der Waals surface area contributed by atoms with Gasteiger partial charge in [-0.05, 0) is 17.7 Å². The fourth-order valence-corrected chi connectivity index (χ4v) is 3.43. The molecule has 4 rings (SSSR count). The molecule has 0 unspecified atom stereocenters. The molecule has 3 aromatic rings. The molecule has 1 fully saturated rings. The van der Waals surface area contributed by atoms with Gasteiger partial charge < -0.3 is 19.7 Å². The Morgan fingerprint density at radius 2 is 2.13 bits per heavy atom. The van der Waals surface area contributed by atoms with Crippen molar-refractivity contribution in [2.75, 3.05) is 31.6 Å². The number of amides is 1. The zero-order chi connectivity index (χ0) is 20.2. The zero-order valence-corrected chi connectivity index (χ0v) is 19.3. The molecule has 0 aliphatic carbocycles. The summed E-state index contributed by atoms with van der Waals surface area (Å²) in [7, 11) is 3.58. The number of rotatable bonds is 4. The predicted octanol–water partition coefficient (Wildman–Crippen LogP) is 1.65. The number of carbonyl (C=O) groups excluding carboxylic acids is 1. The molecule has 0 spiro atoms. The van der Waals surface area contributed by atoms with E-state index in [9.17, 15) is 4.79 Å². The zero-order valence-electron chi connectivity index (χ0n) is 17.0. The summed E-state index contributed by atoms with van der Waals surface area (Å²) < 4.78 is 3.67. The van der Waals surface area contributed by atoms with Crippen LogP contribution in [0.2, 0.25) is 0 Å². The summed E-state index contributed by atoms with van der Waals surface area (Å²) in [5.74, 6) is 0.756. The van der Waals surface area contributed by atoms with Gasteiger partial charge in [0.15, 0.2) is 5.96 Å². The quantitative estimate of drug-likeness (QED) is 0.322. The molecule has 1 aromatic carbocycles. The normalized spacial score (nSPS) is 14.6. The van der Waals surface area contributed by atoms with E-state index in [1.54, 1.807) is 35.4 Å². The maximum absolute atomic E-state index is 12.6. The fourth-order valence-electron chi connectivity index (χ4n) is 3.43. The summed E-state index contributed by atoms with van der Waals surface area (Å²) in [4.78, 5) is 24.8. The van der Waals surface area contributed by atoms with Gasteiger partial charge in [0.05, 0.1) is 18.2 Å². The first kappa shape index (κ1) is 21.8. The number of hydrogen-bond donors (Lipinski definition) is 1. The smallest absolute Gasteiger partial charge is 0.246 e. The van der Waals surface area contributed by atoms with Gasteiger partial charge in [-0.1, -0.05) is 12.1 Å². The third kappa shape index (κ3) is 4.81. The number of aromatic nitrogens is 4. The monoisotopic (exact) mass is 520 g/mol.